The number of carbonyl (C=O) groups is 1. The third-order valence-corrected chi connectivity index (χ3v) is 2.14. The van der Waals surface area contributed by atoms with E-state index in [1.807, 2.05) is 0 Å². The summed E-state index contributed by atoms with van der Waals surface area (Å²) in [5.74, 6) is -0.370. The minimum absolute atomic E-state index is 0.150. The zero-order valence-corrected chi connectivity index (χ0v) is 7.40. The van der Waals surface area contributed by atoms with Crippen LogP contribution in [0.25, 0.3) is 0 Å². The van der Waals surface area contributed by atoms with Gasteiger partial charge < -0.3 is 9.47 Å². The molecule has 0 unspecified atom stereocenters. The van der Waals surface area contributed by atoms with E-state index in [2.05, 4.69) is 4.74 Å². The first-order valence-corrected chi connectivity index (χ1v) is 3.92. The van der Waals surface area contributed by atoms with E-state index in [1.165, 1.54) is 14.2 Å². The van der Waals surface area contributed by atoms with Crippen molar-refractivity contribution in [2.45, 2.75) is 0 Å². The zero-order valence-electron chi connectivity index (χ0n) is 6.59. The summed E-state index contributed by atoms with van der Waals surface area (Å²) in [5, 5.41) is -0.466. The van der Waals surface area contributed by atoms with E-state index in [1.54, 1.807) is 0 Å². The Labute approximate surface area is 72.7 Å². The van der Waals surface area contributed by atoms with Crippen LogP contribution in [0.5, 0.6) is 5.75 Å². The molecule has 0 bridgehead atoms. The van der Waals surface area contributed by atoms with Gasteiger partial charge in [-0.2, -0.15) is 4.39 Å². The lowest BCUT2D eigenvalue weighted by Crippen LogP contribution is -1.99. The smallest absolute Gasteiger partial charge is 0.351 e. The number of thiophene rings is 1. The van der Waals surface area contributed by atoms with Gasteiger partial charge in [0.2, 0.25) is 0 Å². The Morgan fingerprint density at radius 1 is 1.58 bits per heavy atom. The summed E-state index contributed by atoms with van der Waals surface area (Å²) in [6.07, 6.45) is 0. The van der Waals surface area contributed by atoms with Crippen LogP contribution in [0.4, 0.5) is 4.39 Å². The molecule has 0 aliphatic carbocycles. The van der Waals surface area contributed by atoms with Crippen LogP contribution >= 0.6 is 11.3 Å². The standard InChI is InChI=1S/C7H7FO3S/c1-10-4-3-5(8)12-6(4)7(9)11-2/h3H,1-2H3. The maximum Gasteiger partial charge on any atom is 0.351 e. The van der Waals surface area contributed by atoms with Crippen LogP contribution in [-0.2, 0) is 4.74 Å². The highest BCUT2D eigenvalue weighted by Gasteiger charge is 2.17. The van der Waals surface area contributed by atoms with Crippen molar-refractivity contribution in [3.63, 3.8) is 0 Å². The predicted octanol–water partition coefficient (Wildman–Crippen LogP) is 1.68. The fraction of sp³-hybridized carbons (Fsp3) is 0.286. The van der Waals surface area contributed by atoms with Gasteiger partial charge in [-0.25, -0.2) is 4.79 Å². The van der Waals surface area contributed by atoms with Crippen molar-refractivity contribution in [3.8, 4) is 5.75 Å². The van der Waals surface area contributed by atoms with Crippen LogP contribution in [-0.4, -0.2) is 20.2 Å². The van der Waals surface area contributed by atoms with Gasteiger partial charge in [0.25, 0.3) is 0 Å². The lowest BCUT2D eigenvalue weighted by molar-refractivity contribution is 0.0603. The number of esters is 1. The molecule has 5 heteroatoms. The quantitative estimate of drug-likeness (QED) is 0.665. The van der Waals surface area contributed by atoms with Crippen LogP contribution < -0.4 is 4.74 Å². The molecule has 0 radical (unpaired) electrons. The molecule has 1 rings (SSSR count). The van der Waals surface area contributed by atoms with E-state index in [-0.39, 0.29) is 10.6 Å². The molecule has 66 valence electrons. The molecule has 12 heavy (non-hydrogen) atoms. The average Bonchev–Trinajstić information content (AvgIpc) is 2.45. The minimum atomic E-state index is -0.583. The van der Waals surface area contributed by atoms with E-state index < -0.39 is 11.1 Å². The van der Waals surface area contributed by atoms with Gasteiger partial charge in [-0.15, -0.1) is 0 Å². The van der Waals surface area contributed by atoms with Crippen molar-refractivity contribution in [2.75, 3.05) is 14.2 Å². The Balaban J connectivity index is 3.04. The van der Waals surface area contributed by atoms with Crippen LogP contribution in [0.2, 0.25) is 0 Å². The molecule has 0 fully saturated rings. The van der Waals surface area contributed by atoms with Crippen molar-refractivity contribution < 1.29 is 18.7 Å². The third kappa shape index (κ3) is 1.55. The normalized spacial score (nSPS) is 9.58. The van der Waals surface area contributed by atoms with E-state index in [4.69, 9.17) is 4.74 Å². The molecule has 0 saturated carbocycles. The number of hydrogen-bond acceptors (Lipinski definition) is 4. The molecule has 0 amide bonds. The van der Waals surface area contributed by atoms with E-state index in [9.17, 15) is 9.18 Å². The molecule has 0 N–H and O–H groups in total. The summed E-state index contributed by atoms with van der Waals surface area (Å²) < 4.78 is 21.8. The van der Waals surface area contributed by atoms with Crippen LogP contribution in [0, 0.1) is 5.13 Å². The van der Waals surface area contributed by atoms with Crippen LogP contribution in [0.3, 0.4) is 0 Å². The van der Waals surface area contributed by atoms with E-state index >= 15 is 0 Å². The van der Waals surface area contributed by atoms with Gasteiger partial charge >= 0.3 is 5.97 Å². The summed E-state index contributed by atoms with van der Waals surface area (Å²) in [6, 6.07) is 1.15. The number of rotatable bonds is 2. The van der Waals surface area contributed by atoms with E-state index in [0.29, 0.717) is 11.3 Å². The number of hydrogen-bond donors (Lipinski definition) is 0. The molecule has 0 saturated heterocycles. The van der Waals surface area contributed by atoms with Crippen molar-refractivity contribution >= 4 is 17.3 Å². The first-order valence-electron chi connectivity index (χ1n) is 3.10. The molecule has 0 aliphatic rings. The summed E-state index contributed by atoms with van der Waals surface area (Å²) in [4.78, 5) is 11.1. The Bertz CT molecular complexity index is 295. The fourth-order valence-corrected chi connectivity index (χ4v) is 1.50. The molecule has 0 aliphatic heterocycles. The maximum atomic E-state index is 12.6. The summed E-state index contributed by atoms with van der Waals surface area (Å²) in [6.45, 7) is 0. The number of carbonyl (C=O) groups excluding carboxylic acids is 1. The first kappa shape index (κ1) is 8.99. The predicted molar refractivity (Wildman–Crippen MR) is 42.2 cm³/mol. The van der Waals surface area contributed by atoms with Crippen molar-refractivity contribution in [3.05, 3.63) is 16.1 Å². The van der Waals surface area contributed by atoms with Crippen molar-refractivity contribution in [1.82, 2.24) is 0 Å². The zero-order chi connectivity index (χ0) is 9.14. The summed E-state index contributed by atoms with van der Waals surface area (Å²) >= 11 is 0.705. The molecule has 0 spiro atoms. The van der Waals surface area contributed by atoms with Gasteiger partial charge in [-0.05, 0) is 0 Å². The topological polar surface area (TPSA) is 35.5 Å². The minimum Gasteiger partial charge on any atom is -0.495 e. The SMILES string of the molecule is COC(=O)c1sc(F)cc1OC. The highest BCUT2D eigenvalue weighted by molar-refractivity contribution is 7.12. The monoisotopic (exact) mass is 190 g/mol. The second-order valence-corrected chi connectivity index (χ2v) is 2.94. The Hall–Kier alpha value is -1.10. The largest absolute Gasteiger partial charge is 0.495 e. The summed E-state index contributed by atoms with van der Waals surface area (Å²) in [7, 11) is 2.60. The lowest BCUT2D eigenvalue weighted by Gasteiger charge is -1.98. The Morgan fingerprint density at radius 2 is 2.25 bits per heavy atom. The second kappa shape index (κ2) is 3.53. The number of methoxy groups -OCH3 is 2. The fourth-order valence-electron chi connectivity index (χ4n) is 0.732. The number of ether oxygens (including phenoxy) is 2. The molecular formula is C7H7FO3S. The second-order valence-electron chi connectivity index (χ2n) is 1.94. The Kier molecular flexibility index (Phi) is 2.65. The summed E-state index contributed by atoms with van der Waals surface area (Å²) in [5.41, 5.74) is 0. The molecule has 0 atom stereocenters. The van der Waals surface area contributed by atoms with Crippen molar-refractivity contribution in [2.24, 2.45) is 0 Å². The molecule has 1 heterocycles. The van der Waals surface area contributed by atoms with Gasteiger partial charge in [-0.3, -0.25) is 0 Å². The molecular weight excluding hydrogens is 183 g/mol. The maximum absolute atomic E-state index is 12.6. The van der Waals surface area contributed by atoms with Gasteiger partial charge in [0.05, 0.1) is 14.2 Å². The van der Waals surface area contributed by atoms with Crippen molar-refractivity contribution in [1.29, 1.82) is 0 Å². The van der Waals surface area contributed by atoms with Crippen LogP contribution in [0.1, 0.15) is 9.67 Å². The Morgan fingerprint density at radius 3 is 2.75 bits per heavy atom. The van der Waals surface area contributed by atoms with Gasteiger partial charge in [0, 0.05) is 6.07 Å². The molecule has 0 aromatic carbocycles. The third-order valence-electron chi connectivity index (χ3n) is 1.26. The number of halogens is 1. The molecule has 1 aromatic heterocycles. The van der Waals surface area contributed by atoms with E-state index in [0.717, 1.165) is 6.07 Å². The highest BCUT2D eigenvalue weighted by Crippen LogP contribution is 2.28. The van der Waals surface area contributed by atoms with Gasteiger partial charge in [0.1, 0.15) is 5.75 Å². The lowest BCUT2D eigenvalue weighted by atomic mass is 10.4. The molecule has 1 aromatic rings. The first-order chi connectivity index (χ1) is 5.69. The average molecular weight is 190 g/mol. The van der Waals surface area contributed by atoms with Gasteiger partial charge in [-0.1, -0.05) is 11.3 Å². The van der Waals surface area contributed by atoms with Crippen LogP contribution in [0.15, 0.2) is 6.07 Å². The molecule has 3 nitrogen and oxygen atoms in total. The highest BCUT2D eigenvalue weighted by atomic mass is 32.1. The van der Waals surface area contributed by atoms with Gasteiger partial charge in [0.15, 0.2) is 10.0 Å².